The maximum absolute atomic E-state index is 9.06. The Labute approximate surface area is 175 Å². The number of aliphatic hydroxyl groups excluding tert-OH is 2. The number of thiazole rings is 2. The van der Waals surface area contributed by atoms with Gasteiger partial charge in [0.25, 0.3) is 0 Å². The number of hydrogen-bond donors (Lipinski definition) is 2. The third kappa shape index (κ3) is 5.89. The van der Waals surface area contributed by atoms with E-state index in [4.69, 9.17) is 10.2 Å². The Morgan fingerprint density at radius 1 is 0.741 bits per heavy atom. The van der Waals surface area contributed by atoms with Crippen molar-refractivity contribution in [3.8, 4) is 0 Å². The van der Waals surface area contributed by atoms with Crippen molar-refractivity contribution < 1.29 is 26.7 Å². The summed E-state index contributed by atoms with van der Waals surface area (Å²) >= 11 is 3.16. The number of para-hydroxylation sites is 2. The summed E-state index contributed by atoms with van der Waals surface area (Å²) in [6, 6.07) is 15.9. The van der Waals surface area contributed by atoms with Gasteiger partial charge in [0, 0.05) is 12.2 Å². The maximum Gasteiger partial charge on any atom is 2.00 e. The van der Waals surface area contributed by atoms with Gasteiger partial charge in [-0.3, -0.25) is 0 Å². The van der Waals surface area contributed by atoms with Crippen molar-refractivity contribution in [2.45, 2.75) is 13.8 Å². The molecule has 0 unspecified atom stereocenters. The molecule has 2 aromatic heterocycles. The van der Waals surface area contributed by atoms with Gasteiger partial charge in [-0.2, -0.15) is 0 Å². The molecular weight excluding hydrogens is 423 g/mol. The van der Waals surface area contributed by atoms with Crippen molar-refractivity contribution in [1.29, 1.82) is 0 Å². The van der Waals surface area contributed by atoms with Crippen LogP contribution in [0.2, 0.25) is 0 Å². The standard InChI is InChI=1S/2C10H9NOS.Ni/c2*1-7(12)6-10-11-8-4-2-3-5-9(8)13-10;/h2*2-6,12H,1H3;/q;;+2. The molecule has 4 rings (SSSR count). The summed E-state index contributed by atoms with van der Waals surface area (Å²) in [5, 5.41) is 19.8. The fourth-order valence-electron chi connectivity index (χ4n) is 2.26. The van der Waals surface area contributed by atoms with Gasteiger partial charge in [0.15, 0.2) is 0 Å². The third-order valence-corrected chi connectivity index (χ3v) is 5.25. The molecule has 0 bridgehead atoms. The van der Waals surface area contributed by atoms with Crippen LogP contribution in [0.1, 0.15) is 23.9 Å². The van der Waals surface area contributed by atoms with Crippen molar-refractivity contribution >= 4 is 55.3 Å². The van der Waals surface area contributed by atoms with E-state index in [0.29, 0.717) is 11.5 Å². The van der Waals surface area contributed by atoms with Crippen LogP contribution in [0.15, 0.2) is 60.0 Å². The minimum atomic E-state index is 0. The summed E-state index contributed by atoms with van der Waals surface area (Å²) < 4.78 is 2.30. The molecule has 0 aliphatic heterocycles. The van der Waals surface area contributed by atoms with Crippen molar-refractivity contribution in [2.75, 3.05) is 0 Å². The summed E-state index contributed by atoms with van der Waals surface area (Å²) in [4.78, 5) is 8.67. The second-order valence-corrected chi connectivity index (χ2v) is 7.74. The van der Waals surface area contributed by atoms with Crippen LogP contribution in [-0.4, -0.2) is 20.2 Å². The van der Waals surface area contributed by atoms with Crippen LogP contribution in [0.25, 0.3) is 32.6 Å². The van der Waals surface area contributed by atoms with Gasteiger partial charge >= 0.3 is 16.5 Å². The fourth-order valence-corrected chi connectivity index (χ4v) is 4.19. The van der Waals surface area contributed by atoms with Crippen molar-refractivity contribution in [3.05, 3.63) is 70.1 Å². The second-order valence-electron chi connectivity index (χ2n) is 5.61. The molecule has 0 aliphatic carbocycles. The molecule has 0 fully saturated rings. The second kappa shape index (κ2) is 9.65. The van der Waals surface area contributed by atoms with Crippen LogP contribution >= 0.6 is 22.7 Å². The average Bonchev–Trinajstić information content (AvgIpc) is 3.16. The van der Waals surface area contributed by atoms with Crippen molar-refractivity contribution in [1.82, 2.24) is 9.97 Å². The van der Waals surface area contributed by atoms with Gasteiger partial charge in [-0.1, -0.05) is 24.3 Å². The summed E-state index contributed by atoms with van der Waals surface area (Å²) in [6.45, 7) is 3.29. The van der Waals surface area contributed by atoms with E-state index >= 15 is 0 Å². The largest absolute Gasteiger partial charge is 2.00 e. The Kier molecular flexibility index (Phi) is 7.54. The van der Waals surface area contributed by atoms with Gasteiger partial charge in [-0.05, 0) is 38.1 Å². The van der Waals surface area contributed by atoms with Gasteiger partial charge in [0.1, 0.15) is 10.0 Å². The van der Waals surface area contributed by atoms with E-state index in [-0.39, 0.29) is 16.5 Å². The fraction of sp³-hybridized carbons (Fsp3) is 0.100. The Morgan fingerprint density at radius 2 is 1.11 bits per heavy atom. The van der Waals surface area contributed by atoms with Crippen LogP contribution in [0, 0.1) is 0 Å². The minimum Gasteiger partial charge on any atom is -0.513 e. The molecule has 0 saturated heterocycles. The number of aromatic nitrogens is 2. The molecule has 140 valence electrons. The molecule has 0 saturated carbocycles. The molecule has 0 spiro atoms. The third-order valence-electron chi connectivity index (χ3n) is 3.29. The van der Waals surface area contributed by atoms with E-state index < -0.39 is 0 Å². The van der Waals surface area contributed by atoms with Crippen LogP contribution < -0.4 is 0 Å². The Bertz CT molecular complexity index is 937. The number of aliphatic hydroxyl groups is 2. The molecule has 0 radical (unpaired) electrons. The normalized spacial score (nSPS) is 11.8. The molecule has 0 aliphatic rings. The molecule has 2 aromatic carbocycles. The first-order valence-corrected chi connectivity index (χ1v) is 9.60. The number of fused-ring (bicyclic) bond motifs is 2. The molecule has 7 heteroatoms. The zero-order chi connectivity index (χ0) is 18.5. The molecular formula is C20H18N2NiO2S2+2. The first-order valence-electron chi connectivity index (χ1n) is 7.97. The van der Waals surface area contributed by atoms with Crippen LogP contribution in [-0.2, 0) is 16.5 Å². The van der Waals surface area contributed by atoms with Crippen LogP contribution in [0.4, 0.5) is 0 Å². The van der Waals surface area contributed by atoms with Gasteiger partial charge in [0.05, 0.1) is 32.0 Å². The Hall–Kier alpha value is -2.21. The molecule has 4 aromatic rings. The van der Waals surface area contributed by atoms with Gasteiger partial charge in [-0.15, -0.1) is 22.7 Å². The molecule has 0 amide bonds. The molecule has 0 atom stereocenters. The van der Waals surface area contributed by atoms with Crippen molar-refractivity contribution in [2.24, 2.45) is 0 Å². The molecule has 4 nitrogen and oxygen atoms in total. The zero-order valence-electron chi connectivity index (χ0n) is 14.7. The first kappa shape index (κ1) is 21.1. The summed E-state index contributed by atoms with van der Waals surface area (Å²) in [7, 11) is 0. The molecule has 2 heterocycles. The minimum absolute atomic E-state index is 0. The van der Waals surface area contributed by atoms with Crippen molar-refractivity contribution in [3.63, 3.8) is 0 Å². The van der Waals surface area contributed by atoms with Gasteiger partial charge in [-0.25, -0.2) is 9.97 Å². The van der Waals surface area contributed by atoms with E-state index in [1.807, 2.05) is 48.5 Å². The molecule has 2 N–H and O–H groups in total. The maximum atomic E-state index is 9.06. The van der Waals surface area contributed by atoms with Gasteiger partial charge < -0.3 is 10.2 Å². The quantitative estimate of drug-likeness (QED) is 0.278. The Balaban J connectivity index is 0.000000187. The first-order chi connectivity index (χ1) is 12.5. The van der Waals surface area contributed by atoms with E-state index in [2.05, 4.69) is 9.97 Å². The smallest absolute Gasteiger partial charge is 0.513 e. The van der Waals surface area contributed by atoms with E-state index in [9.17, 15) is 0 Å². The van der Waals surface area contributed by atoms with Gasteiger partial charge in [0.2, 0.25) is 0 Å². The predicted molar refractivity (Wildman–Crippen MR) is 112 cm³/mol. The van der Waals surface area contributed by atoms with E-state index in [1.54, 1.807) is 48.7 Å². The van der Waals surface area contributed by atoms with Crippen LogP contribution in [0.3, 0.4) is 0 Å². The van der Waals surface area contributed by atoms with E-state index in [0.717, 1.165) is 30.4 Å². The number of rotatable bonds is 2. The number of hydrogen-bond acceptors (Lipinski definition) is 6. The zero-order valence-corrected chi connectivity index (χ0v) is 17.3. The summed E-state index contributed by atoms with van der Waals surface area (Å²) in [5.41, 5.74) is 1.97. The SMILES string of the molecule is CC(O)=Cc1nc2ccccc2s1.CC(O)=Cc1nc2ccccc2s1.[Ni+2]. The number of allylic oxidation sites excluding steroid dienone is 2. The summed E-state index contributed by atoms with van der Waals surface area (Å²) in [6.07, 6.45) is 3.34. The monoisotopic (exact) mass is 440 g/mol. The number of benzene rings is 2. The summed E-state index contributed by atoms with van der Waals surface area (Å²) in [5.74, 6) is 0.582. The Morgan fingerprint density at radius 3 is 1.44 bits per heavy atom. The number of nitrogens with zero attached hydrogens (tertiary/aromatic N) is 2. The molecule has 27 heavy (non-hydrogen) atoms. The van der Waals surface area contributed by atoms with E-state index in [1.165, 1.54) is 0 Å². The predicted octanol–water partition coefficient (Wildman–Crippen LogP) is 6.43. The average molecular weight is 441 g/mol. The topological polar surface area (TPSA) is 66.2 Å². The van der Waals surface area contributed by atoms with Crippen LogP contribution in [0.5, 0.6) is 0 Å².